The molecule has 6 rings (SSSR count). The molecule has 3 heterocycles. The van der Waals surface area contributed by atoms with E-state index in [1.165, 1.54) is 33.5 Å². The number of hydrogen-bond donors (Lipinski definition) is 0. The average molecular weight is 522 g/mol. The molecule has 38 heavy (non-hydrogen) atoms. The van der Waals surface area contributed by atoms with E-state index in [9.17, 15) is 9.18 Å². The Balaban J connectivity index is 1.43. The van der Waals surface area contributed by atoms with E-state index in [1.807, 2.05) is 48.7 Å². The number of hydrogen-bond acceptors (Lipinski definition) is 5. The lowest BCUT2D eigenvalue weighted by Crippen LogP contribution is -2.23. The average Bonchev–Trinajstić information content (AvgIpc) is 3.60. The second kappa shape index (κ2) is 9.15. The lowest BCUT2D eigenvalue weighted by molar-refractivity contribution is 0.590. The predicted octanol–water partition coefficient (Wildman–Crippen LogP) is 5.66. The van der Waals surface area contributed by atoms with Crippen molar-refractivity contribution in [2.45, 2.75) is 26.2 Å². The van der Waals surface area contributed by atoms with Crippen molar-refractivity contribution in [3.05, 3.63) is 117 Å². The Morgan fingerprint density at radius 3 is 2.21 bits per heavy atom. The molecule has 8 heteroatoms. The van der Waals surface area contributed by atoms with Gasteiger partial charge >= 0.3 is 0 Å². The van der Waals surface area contributed by atoms with E-state index >= 15 is 0 Å². The third kappa shape index (κ3) is 4.43. The van der Waals surface area contributed by atoms with Crippen LogP contribution in [0.15, 0.2) is 89.9 Å². The zero-order valence-corrected chi connectivity index (χ0v) is 21.9. The number of aromatic nitrogens is 5. The van der Waals surface area contributed by atoms with Crippen molar-refractivity contribution in [1.82, 2.24) is 24.4 Å². The standard InChI is InChI=1S/C30H24FN5OS/c1-30(2,3)22-13-9-20(10-14-22)27-32-29-36(34-27)28(37)25(38-29)17-21-18-35(24-7-5-4-6-8-24)33-26(21)19-11-15-23(31)16-12-19/h4-18H,1-3H3/b25-17-. The highest BCUT2D eigenvalue weighted by atomic mass is 32.1. The molecule has 0 bridgehead atoms. The van der Waals surface area contributed by atoms with Gasteiger partial charge in [-0.3, -0.25) is 4.79 Å². The van der Waals surface area contributed by atoms with Crippen molar-refractivity contribution in [2.24, 2.45) is 0 Å². The van der Waals surface area contributed by atoms with Crippen LogP contribution in [0, 0.1) is 5.82 Å². The van der Waals surface area contributed by atoms with Crippen LogP contribution in [0.25, 0.3) is 39.4 Å². The highest BCUT2D eigenvalue weighted by molar-refractivity contribution is 7.15. The van der Waals surface area contributed by atoms with Crippen LogP contribution in [-0.2, 0) is 5.41 Å². The molecular formula is C30H24FN5OS. The van der Waals surface area contributed by atoms with Gasteiger partial charge in [0.25, 0.3) is 5.56 Å². The summed E-state index contributed by atoms with van der Waals surface area (Å²) in [6.45, 7) is 6.50. The maximum atomic E-state index is 13.6. The first-order valence-corrected chi connectivity index (χ1v) is 13.0. The highest BCUT2D eigenvalue weighted by Crippen LogP contribution is 2.26. The van der Waals surface area contributed by atoms with Gasteiger partial charge in [0, 0.05) is 22.9 Å². The molecule has 188 valence electrons. The number of thiazole rings is 1. The summed E-state index contributed by atoms with van der Waals surface area (Å²) in [5.74, 6) is 0.197. The van der Waals surface area contributed by atoms with Crippen LogP contribution in [0.2, 0.25) is 0 Å². The normalized spacial score (nSPS) is 12.5. The quantitative estimate of drug-likeness (QED) is 0.301. The van der Waals surface area contributed by atoms with Gasteiger partial charge in [0.2, 0.25) is 4.96 Å². The topological polar surface area (TPSA) is 65.1 Å². The SMILES string of the molecule is CC(C)(C)c1ccc(-c2nc3s/c(=C\c4cn(-c5ccccc5)nc4-c4ccc(F)cc4)c(=O)n3n2)cc1. The van der Waals surface area contributed by atoms with Crippen LogP contribution in [0.5, 0.6) is 0 Å². The van der Waals surface area contributed by atoms with Crippen LogP contribution in [0.1, 0.15) is 31.9 Å². The fourth-order valence-electron chi connectivity index (χ4n) is 4.25. The van der Waals surface area contributed by atoms with E-state index < -0.39 is 0 Å². The number of rotatable bonds is 4. The molecule has 0 saturated carbocycles. The molecule has 0 radical (unpaired) electrons. The summed E-state index contributed by atoms with van der Waals surface area (Å²) in [7, 11) is 0. The van der Waals surface area contributed by atoms with E-state index in [0.29, 0.717) is 21.0 Å². The fraction of sp³-hybridized carbons (Fsp3) is 0.133. The Bertz CT molecular complexity index is 1860. The van der Waals surface area contributed by atoms with Gasteiger partial charge in [-0.1, -0.05) is 74.6 Å². The van der Waals surface area contributed by atoms with E-state index in [4.69, 9.17) is 5.10 Å². The van der Waals surface area contributed by atoms with Crippen molar-refractivity contribution in [3.8, 4) is 28.3 Å². The molecule has 0 fully saturated rings. The van der Waals surface area contributed by atoms with Gasteiger partial charge in [-0.25, -0.2) is 9.07 Å². The Morgan fingerprint density at radius 1 is 0.868 bits per heavy atom. The molecule has 0 aliphatic heterocycles. The molecular weight excluding hydrogens is 497 g/mol. The van der Waals surface area contributed by atoms with E-state index in [0.717, 1.165) is 22.4 Å². The molecule has 0 aliphatic rings. The smallest absolute Gasteiger partial charge is 0.266 e. The van der Waals surface area contributed by atoms with Crippen LogP contribution < -0.4 is 10.1 Å². The zero-order chi connectivity index (χ0) is 26.4. The molecule has 0 N–H and O–H groups in total. The molecule has 0 amide bonds. The van der Waals surface area contributed by atoms with Gasteiger partial charge in [-0.05, 0) is 53.5 Å². The summed E-state index contributed by atoms with van der Waals surface area (Å²) in [5.41, 5.74) is 4.90. The second-order valence-corrected chi connectivity index (χ2v) is 11.1. The Kier molecular flexibility index (Phi) is 5.76. The first kappa shape index (κ1) is 23.9. The number of benzene rings is 3. The molecule has 6 aromatic rings. The monoisotopic (exact) mass is 521 g/mol. The largest absolute Gasteiger partial charge is 0.291 e. The van der Waals surface area contributed by atoms with Gasteiger partial charge in [-0.15, -0.1) is 5.10 Å². The molecule has 0 aliphatic carbocycles. The van der Waals surface area contributed by atoms with Crippen LogP contribution >= 0.6 is 11.3 Å². The van der Waals surface area contributed by atoms with Gasteiger partial charge < -0.3 is 0 Å². The molecule has 0 unspecified atom stereocenters. The lowest BCUT2D eigenvalue weighted by atomic mass is 9.87. The van der Waals surface area contributed by atoms with Crippen molar-refractivity contribution < 1.29 is 4.39 Å². The number of halogens is 1. The maximum absolute atomic E-state index is 13.6. The minimum absolute atomic E-state index is 0.0501. The van der Waals surface area contributed by atoms with Crippen molar-refractivity contribution in [3.63, 3.8) is 0 Å². The van der Waals surface area contributed by atoms with Crippen LogP contribution in [0.3, 0.4) is 0 Å². The Morgan fingerprint density at radius 2 is 1.55 bits per heavy atom. The predicted molar refractivity (Wildman–Crippen MR) is 149 cm³/mol. The van der Waals surface area contributed by atoms with Crippen LogP contribution in [0.4, 0.5) is 4.39 Å². The first-order valence-electron chi connectivity index (χ1n) is 12.2. The summed E-state index contributed by atoms with van der Waals surface area (Å²) < 4.78 is 17.2. The third-order valence-electron chi connectivity index (χ3n) is 6.36. The fourth-order valence-corrected chi connectivity index (χ4v) is 5.15. The van der Waals surface area contributed by atoms with E-state index in [1.54, 1.807) is 22.9 Å². The maximum Gasteiger partial charge on any atom is 0.291 e. The van der Waals surface area contributed by atoms with E-state index in [-0.39, 0.29) is 16.8 Å². The van der Waals surface area contributed by atoms with Crippen molar-refractivity contribution >= 4 is 22.4 Å². The first-order chi connectivity index (χ1) is 18.3. The highest BCUT2D eigenvalue weighted by Gasteiger charge is 2.17. The molecule has 0 atom stereocenters. The van der Waals surface area contributed by atoms with Gasteiger partial charge in [-0.2, -0.15) is 14.6 Å². The van der Waals surface area contributed by atoms with Crippen molar-refractivity contribution in [1.29, 1.82) is 0 Å². The molecule has 3 aromatic carbocycles. The third-order valence-corrected chi connectivity index (χ3v) is 7.32. The summed E-state index contributed by atoms with van der Waals surface area (Å²) in [4.78, 5) is 18.4. The molecule has 3 aromatic heterocycles. The van der Waals surface area contributed by atoms with Crippen molar-refractivity contribution in [2.75, 3.05) is 0 Å². The lowest BCUT2D eigenvalue weighted by Gasteiger charge is -2.18. The summed E-state index contributed by atoms with van der Waals surface area (Å²) in [5, 5.41) is 9.25. The molecule has 0 saturated heterocycles. The molecule has 6 nitrogen and oxygen atoms in total. The van der Waals surface area contributed by atoms with Crippen LogP contribution in [-0.4, -0.2) is 24.4 Å². The number of para-hydroxylation sites is 1. The summed E-state index contributed by atoms with van der Waals surface area (Å²) >= 11 is 1.28. The molecule has 0 spiro atoms. The summed E-state index contributed by atoms with van der Waals surface area (Å²) in [6, 6.07) is 24.0. The number of fused-ring (bicyclic) bond motifs is 1. The van der Waals surface area contributed by atoms with Gasteiger partial charge in [0.1, 0.15) is 11.5 Å². The minimum atomic E-state index is -0.321. The Hall–Kier alpha value is -4.43. The zero-order valence-electron chi connectivity index (χ0n) is 21.1. The Labute approximate surface area is 222 Å². The summed E-state index contributed by atoms with van der Waals surface area (Å²) in [6.07, 6.45) is 3.66. The minimum Gasteiger partial charge on any atom is -0.266 e. The number of nitrogens with zero attached hydrogens (tertiary/aromatic N) is 5. The second-order valence-electron chi connectivity index (χ2n) is 10.1. The van der Waals surface area contributed by atoms with Gasteiger partial charge in [0.15, 0.2) is 5.82 Å². The van der Waals surface area contributed by atoms with E-state index in [2.05, 4.69) is 43.0 Å². The van der Waals surface area contributed by atoms with Gasteiger partial charge in [0.05, 0.1) is 10.2 Å².